The number of likely N-dealkylation sites (tertiary alicyclic amines) is 1. The van der Waals surface area contributed by atoms with Gasteiger partial charge < -0.3 is 10.0 Å². The van der Waals surface area contributed by atoms with Gasteiger partial charge >= 0.3 is 0 Å². The number of aliphatic hydroxyl groups is 1. The standard InChI is InChI=1S/C17H27NO/c19-15-11-17-9-7-16(8-10-17)6-2-5-14-18-12-3-1-4-13-18/h7-10,19H,1-6,11-15H2. The van der Waals surface area contributed by atoms with Crippen molar-refractivity contribution in [2.45, 2.75) is 44.9 Å². The maximum atomic E-state index is 8.88. The molecule has 0 amide bonds. The average molecular weight is 261 g/mol. The highest BCUT2D eigenvalue weighted by Gasteiger charge is 2.08. The first-order chi connectivity index (χ1) is 9.38. The molecule has 1 N–H and O–H groups in total. The van der Waals surface area contributed by atoms with Gasteiger partial charge in [0.15, 0.2) is 0 Å². The van der Waals surface area contributed by atoms with E-state index in [1.54, 1.807) is 0 Å². The lowest BCUT2D eigenvalue weighted by atomic mass is 10.0. The van der Waals surface area contributed by atoms with E-state index >= 15 is 0 Å². The first-order valence-electron chi connectivity index (χ1n) is 7.79. The fourth-order valence-corrected chi connectivity index (χ4v) is 2.85. The number of benzene rings is 1. The van der Waals surface area contributed by atoms with Crippen LogP contribution in [0.2, 0.25) is 0 Å². The van der Waals surface area contributed by atoms with Crippen LogP contribution in [0.15, 0.2) is 24.3 Å². The van der Waals surface area contributed by atoms with Crippen LogP contribution in [0.3, 0.4) is 0 Å². The quantitative estimate of drug-likeness (QED) is 0.763. The van der Waals surface area contributed by atoms with Gasteiger partial charge in [-0.2, -0.15) is 0 Å². The maximum Gasteiger partial charge on any atom is 0.0471 e. The van der Waals surface area contributed by atoms with Gasteiger partial charge in [0.2, 0.25) is 0 Å². The van der Waals surface area contributed by atoms with E-state index in [0.717, 1.165) is 6.42 Å². The van der Waals surface area contributed by atoms with Gasteiger partial charge in [-0.25, -0.2) is 0 Å². The Hall–Kier alpha value is -0.860. The van der Waals surface area contributed by atoms with E-state index in [0.29, 0.717) is 0 Å². The van der Waals surface area contributed by atoms with Gasteiger partial charge in [-0.05, 0) is 69.3 Å². The van der Waals surface area contributed by atoms with E-state index in [-0.39, 0.29) is 6.61 Å². The molecule has 1 aliphatic rings. The number of aryl methyl sites for hydroxylation is 1. The Kier molecular flexibility index (Phi) is 6.38. The monoisotopic (exact) mass is 261 g/mol. The van der Waals surface area contributed by atoms with E-state index in [4.69, 9.17) is 5.11 Å². The molecule has 0 aliphatic carbocycles. The number of nitrogens with zero attached hydrogens (tertiary/aromatic N) is 1. The first kappa shape index (κ1) is 14.5. The second-order valence-electron chi connectivity index (χ2n) is 5.65. The maximum absolute atomic E-state index is 8.88. The predicted molar refractivity (Wildman–Crippen MR) is 80.5 cm³/mol. The Morgan fingerprint density at radius 2 is 1.47 bits per heavy atom. The number of rotatable bonds is 7. The molecule has 1 heterocycles. The van der Waals surface area contributed by atoms with Crippen molar-refractivity contribution >= 4 is 0 Å². The minimum atomic E-state index is 0.245. The molecule has 0 aromatic heterocycles. The molecule has 2 heteroatoms. The van der Waals surface area contributed by atoms with Crippen molar-refractivity contribution in [3.05, 3.63) is 35.4 Å². The summed E-state index contributed by atoms with van der Waals surface area (Å²) in [5, 5.41) is 8.88. The Labute approximate surface area is 117 Å². The second kappa shape index (κ2) is 8.34. The molecule has 2 nitrogen and oxygen atoms in total. The molecule has 0 atom stereocenters. The van der Waals surface area contributed by atoms with Crippen LogP contribution in [0, 0.1) is 0 Å². The van der Waals surface area contributed by atoms with E-state index in [2.05, 4.69) is 29.2 Å². The highest BCUT2D eigenvalue weighted by molar-refractivity contribution is 5.22. The molecule has 0 spiro atoms. The van der Waals surface area contributed by atoms with Gasteiger partial charge in [0.05, 0.1) is 0 Å². The topological polar surface area (TPSA) is 23.5 Å². The lowest BCUT2D eigenvalue weighted by Gasteiger charge is -2.26. The normalized spacial score (nSPS) is 16.7. The molecule has 1 saturated heterocycles. The molecular formula is C17H27NO. The fraction of sp³-hybridized carbons (Fsp3) is 0.647. The van der Waals surface area contributed by atoms with Crippen LogP contribution in [0.25, 0.3) is 0 Å². The van der Waals surface area contributed by atoms with Crippen LogP contribution >= 0.6 is 0 Å². The zero-order valence-corrected chi connectivity index (χ0v) is 12.0. The largest absolute Gasteiger partial charge is 0.396 e. The van der Waals surface area contributed by atoms with Gasteiger partial charge in [0.25, 0.3) is 0 Å². The summed E-state index contributed by atoms with van der Waals surface area (Å²) in [6.45, 7) is 4.16. The zero-order chi connectivity index (χ0) is 13.3. The lowest BCUT2D eigenvalue weighted by molar-refractivity contribution is 0.225. The molecule has 19 heavy (non-hydrogen) atoms. The number of hydrogen-bond donors (Lipinski definition) is 1. The SMILES string of the molecule is OCCc1ccc(CCCCN2CCCCC2)cc1. The first-order valence-corrected chi connectivity index (χ1v) is 7.79. The fourth-order valence-electron chi connectivity index (χ4n) is 2.85. The zero-order valence-electron chi connectivity index (χ0n) is 12.0. The molecular weight excluding hydrogens is 234 g/mol. The summed E-state index contributed by atoms with van der Waals surface area (Å²) in [7, 11) is 0. The Morgan fingerprint density at radius 3 is 2.11 bits per heavy atom. The molecule has 1 aliphatic heterocycles. The molecule has 1 fully saturated rings. The van der Waals surface area contributed by atoms with Crippen LogP contribution in [-0.4, -0.2) is 36.2 Å². The van der Waals surface area contributed by atoms with Crippen LogP contribution < -0.4 is 0 Å². The van der Waals surface area contributed by atoms with Crippen molar-refractivity contribution in [3.8, 4) is 0 Å². The summed E-state index contributed by atoms with van der Waals surface area (Å²) >= 11 is 0. The molecule has 0 radical (unpaired) electrons. The van der Waals surface area contributed by atoms with Gasteiger partial charge in [-0.15, -0.1) is 0 Å². The molecule has 1 aromatic rings. The number of hydrogen-bond acceptors (Lipinski definition) is 2. The lowest BCUT2D eigenvalue weighted by Crippen LogP contribution is -2.30. The van der Waals surface area contributed by atoms with E-state index in [9.17, 15) is 0 Å². The Balaban J connectivity index is 1.62. The molecule has 2 rings (SSSR count). The molecule has 1 aromatic carbocycles. The molecule has 0 unspecified atom stereocenters. The third-order valence-electron chi connectivity index (χ3n) is 4.06. The van der Waals surface area contributed by atoms with Crippen molar-refractivity contribution in [2.75, 3.05) is 26.2 Å². The Bertz CT molecular complexity index is 341. The van der Waals surface area contributed by atoms with Gasteiger partial charge in [0.1, 0.15) is 0 Å². The Morgan fingerprint density at radius 1 is 0.842 bits per heavy atom. The van der Waals surface area contributed by atoms with Crippen molar-refractivity contribution in [2.24, 2.45) is 0 Å². The number of piperidine rings is 1. The van der Waals surface area contributed by atoms with Gasteiger partial charge in [-0.1, -0.05) is 30.7 Å². The van der Waals surface area contributed by atoms with Crippen LogP contribution in [0.1, 0.15) is 43.2 Å². The summed E-state index contributed by atoms with van der Waals surface area (Å²) < 4.78 is 0. The van der Waals surface area contributed by atoms with E-state index in [1.165, 1.54) is 69.3 Å². The van der Waals surface area contributed by atoms with Crippen molar-refractivity contribution in [3.63, 3.8) is 0 Å². The third-order valence-corrected chi connectivity index (χ3v) is 4.06. The van der Waals surface area contributed by atoms with Gasteiger partial charge in [-0.3, -0.25) is 0 Å². The van der Waals surface area contributed by atoms with E-state index < -0.39 is 0 Å². The summed E-state index contributed by atoms with van der Waals surface area (Å²) in [6, 6.07) is 8.73. The van der Waals surface area contributed by atoms with Gasteiger partial charge in [0, 0.05) is 6.61 Å². The van der Waals surface area contributed by atoms with Crippen LogP contribution in [0.5, 0.6) is 0 Å². The van der Waals surface area contributed by atoms with E-state index in [1.807, 2.05) is 0 Å². The smallest absolute Gasteiger partial charge is 0.0471 e. The number of aliphatic hydroxyl groups excluding tert-OH is 1. The molecule has 0 saturated carbocycles. The summed E-state index contributed by atoms with van der Waals surface area (Å²) in [6.07, 6.45) is 8.78. The summed E-state index contributed by atoms with van der Waals surface area (Å²) in [5.74, 6) is 0. The predicted octanol–water partition coefficient (Wildman–Crippen LogP) is 3.03. The molecule has 106 valence electrons. The van der Waals surface area contributed by atoms with Crippen molar-refractivity contribution in [1.29, 1.82) is 0 Å². The summed E-state index contributed by atoms with van der Waals surface area (Å²) in [4.78, 5) is 2.62. The average Bonchev–Trinajstić information content (AvgIpc) is 2.47. The third kappa shape index (κ3) is 5.33. The molecule has 0 bridgehead atoms. The van der Waals surface area contributed by atoms with Crippen LogP contribution in [0.4, 0.5) is 0 Å². The minimum Gasteiger partial charge on any atom is -0.396 e. The van der Waals surface area contributed by atoms with Crippen molar-refractivity contribution < 1.29 is 5.11 Å². The number of unbranched alkanes of at least 4 members (excludes halogenated alkanes) is 1. The van der Waals surface area contributed by atoms with Crippen LogP contribution in [-0.2, 0) is 12.8 Å². The second-order valence-corrected chi connectivity index (χ2v) is 5.65. The van der Waals surface area contributed by atoms with Crippen molar-refractivity contribution in [1.82, 2.24) is 4.90 Å². The minimum absolute atomic E-state index is 0.245. The summed E-state index contributed by atoms with van der Waals surface area (Å²) in [5.41, 5.74) is 2.67. The highest BCUT2D eigenvalue weighted by Crippen LogP contribution is 2.11. The highest BCUT2D eigenvalue weighted by atomic mass is 16.2.